The molecule has 1 aliphatic rings. The fourth-order valence-electron chi connectivity index (χ4n) is 2.99. The van der Waals surface area contributed by atoms with Gasteiger partial charge in [-0.2, -0.15) is 0 Å². The van der Waals surface area contributed by atoms with E-state index in [1.165, 1.54) is 13.5 Å². The van der Waals surface area contributed by atoms with E-state index in [1.807, 2.05) is 37.3 Å². The molecule has 0 N–H and O–H groups in total. The van der Waals surface area contributed by atoms with Gasteiger partial charge in [0.15, 0.2) is 0 Å². The van der Waals surface area contributed by atoms with E-state index in [0.29, 0.717) is 5.92 Å². The summed E-state index contributed by atoms with van der Waals surface area (Å²) in [6.07, 6.45) is 2.38. The summed E-state index contributed by atoms with van der Waals surface area (Å²) < 4.78 is 5.08. The Hall–Kier alpha value is -1.35. The first-order valence-corrected chi connectivity index (χ1v) is 6.98. The molecule has 0 unspecified atom stereocenters. The van der Waals surface area contributed by atoms with Crippen molar-refractivity contribution in [2.24, 2.45) is 5.92 Å². The van der Waals surface area contributed by atoms with Gasteiger partial charge in [-0.1, -0.05) is 37.3 Å². The minimum absolute atomic E-state index is 0.173. The Morgan fingerprint density at radius 2 is 2.05 bits per heavy atom. The van der Waals surface area contributed by atoms with E-state index in [0.717, 1.165) is 25.1 Å². The molecule has 1 heterocycles. The molecule has 0 saturated carbocycles. The van der Waals surface area contributed by atoms with Crippen molar-refractivity contribution in [1.29, 1.82) is 0 Å². The van der Waals surface area contributed by atoms with Gasteiger partial charge in [-0.3, -0.25) is 4.90 Å². The molecule has 0 amide bonds. The van der Waals surface area contributed by atoms with Crippen LogP contribution in [0.15, 0.2) is 30.3 Å². The zero-order valence-electron chi connectivity index (χ0n) is 12.1. The highest BCUT2D eigenvalue weighted by Crippen LogP contribution is 2.33. The zero-order chi connectivity index (χ0) is 13.9. The van der Waals surface area contributed by atoms with Crippen LogP contribution >= 0.6 is 0 Å². The lowest BCUT2D eigenvalue weighted by Gasteiger charge is -2.43. The summed E-state index contributed by atoms with van der Waals surface area (Å²) in [5.74, 6) is 0.453. The van der Waals surface area contributed by atoms with Gasteiger partial charge in [-0.25, -0.2) is 4.79 Å². The maximum atomic E-state index is 12.4. The predicted molar refractivity (Wildman–Crippen MR) is 75.8 cm³/mol. The summed E-state index contributed by atoms with van der Waals surface area (Å²) in [6.45, 7) is 6.12. The first-order chi connectivity index (χ1) is 9.09. The van der Waals surface area contributed by atoms with Gasteiger partial charge in [0, 0.05) is 6.54 Å². The number of nitrogens with zero attached hydrogens (tertiary/aromatic N) is 1. The average molecular weight is 261 g/mol. The van der Waals surface area contributed by atoms with E-state index in [1.54, 1.807) is 0 Å². The Labute approximate surface area is 115 Å². The molecule has 0 aliphatic carbocycles. The van der Waals surface area contributed by atoms with Gasteiger partial charge in [0.25, 0.3) is 0 Å². The zero-order valence-corrected chi connectivity index (χ0v) is 12.1. The molecule has 19 heavy (non-hydrogen) atoms. The van der Waals surface area contributed by atoms with E-state index in [9.17, 15) is 4.79 Å². The number of rotatable bonds is 3. The summed E-state index contributed by atoms with van der Waals surface area (Å²) in [7, 11) is 1.47. The van der Waals surface area contributed by atoms with Crippen molar-refractivity contribution < 1.29 is 9.53 Å². The maximum absolute atomic E-state index is 12.4. The third-order valence-electron chi connectivity index (χ3n) is 4.21. The van der Waals surface area contributed by atoms with Gasteiger partial charge < -0.3 is 4.74 Å². The number of piperidine rings is 1. The van der Waals surface area contributed by atoms with Crippen LogP contribution in [0.4, 0.5) is 0 Å². The molecule has 104 valence electrons. The summed E-state index contributed by atoms with van der Waals surface area (Å²) in [5, 5.41) is 0. The normalized spacial score (nSPS) is 23.6. The molecule has 1 saturated heterocycles. The molecule has 1 aromatic carbocycles. The summed E-state index contributed by atoms with van der Waals surface area (Å²) >= 11 is 0. The highest BCUT2D eigenvalue weighted by atomic mass is 16.5. The fourth-order valence-corrected chi connectivity index (χ4v) is 2.99. The van der Waals surface area contributed by atoms with Crippen molar-refractivity contribution in [2.75, 3.05) is 20.2 Å². The first kappa shape index (κ1) is 14.1. The largest absolute Gasteiger partial charge is 0.467 e. The first-order valence-electron chi connectivity index (χ1n) is 6.98. The number of hydrogen-bond acceptors (Lipinski definition) is 3. The number of esters is 1. The van der Waals surface area contributed by atoms with E-state index in [-0.39, 0.29) is 5.97 Å². The van der Waals surface area contributed by atoms with Gasteiger partial charge in [-0.05, 0) is 37.8 Å². The highest BCUT2D eigenvalue weighted by Gasteiger charge is 2.43. The minimum Gasteiger partial charge on any atom is -0.467 e. The van der Waals surface area contributed by atoms with E-state index in [4.69, 9.17) is 4.74 Å². The van der Waals surface area contributed by atoms with E-state index in [2.05, 4.69) is 11.8 Å². The second-order valence-corrected chi connectivity index (χ2v) is 5.62. The van der Waals surface area contributed by atoms with Crippen molar-refractivity contribution in [3.05, 3.63) is 35.9 Å². The second kappa shape index (κ2) is 5.74. The molecular formula is C16H23NO2. The van der Waals surface area contributed by atoms with Crippen LogP contribution in [-0.4, -0.2) is 31.1 Å². The molecular weight excluding hydrogens is 238 g/mol. The molecule has 0 radical (unpaired) electrons. The van der Waals surface area contributed by atoms with E-state index < -0.39 is 5.54 Å². The van der Waals surface area contributed by atoms with Gasteiger partial charge in [0.2, 0.25) is 0 Å². The fraction of sp³-hybridized carbons (Fsp3) is 0.562. The molecule has 0 bridgehead atoms. The summed E-state index contributed by atoms with van der Waals surface area (Å²) in [4.78, 5) is 14.6. The van der Waals surface area contributed by atoms with Crippen LogP contribution in [0.25, 0.3) is 0 Å². The van der Waals surface area contributed by atoms with Crippen molar-refractivity contribution in [1.82, 2.24) is 4.90 Å². The van der Waals surface area contributed by atoms with Crippen molar-refractivity contribution in [2.45, 2.75) is 32.2 Å². The molecule has 2 rings (SSSR count). The SMILES string of the molecule is COC(=O)[C@](C)(c1ccccc1)N1CCC[C@@H](C)C1. The highest BCUT2D eigenvalue weighted by molar-refractivity contribution is 5.82. The predicted octanol–water partition coefficient (Wildman–Crippen LogP) is 2.81. The van der Waals surface area contributed by atoms with Gasteiger partial charge in [0.05, 0.1) is 7.11 Å². The lowest BCUT2D eigenvalue weighted by molar-refractivity contribution is -0.156. The summed E-state index contributed by atoms with van der Waals surface area (Å²) in [6, 6.07) is 9.94. The molecule has 0 aromatic heterocycles. The number of hydrogen-bond donors (Lipinski definition) is 0. The Kier molecular flexibility index (Phi) is 4.25. The molecule has 1 fully saturated rings. The Morgan fingerprint density at radius 1 is 1.37 bits per heavy atom. The maximum Gasteiger partial charge on any atom is 0.330 e. The van der Waals surface area contributed by atoms with Gasteiger partial charge in [-0.15, -0.1) is 0 Å². The van der Waals surface area contributed by atoms with Crippen molar-refractivity contribution in [3.63, 3.8) is 0 Å². The summed E-state index contributed by atoms with van der Waals surface area (Å²) in [5.41, 5.74) is 0.334. The Balaban J connectivity index is 2.37. The number of likely N-dealkylation sites (tertiary alicyclic amines) is 1. The molecule has 3 nitrogen and oxygen atoms in total. The van der Waals surface area contributed by atoms with Crippen molar-refractivity contribution >= 4 is 5.97 Å². The number of benzene rings is 1. The minimum atomic E-state index is -0.676. The molecule has 1 aliphatic heterocycles. The molecule has 3 heteroatoms. The van der Waals surface area contributed by atoms with Gasteiger partial charge >= 0.3 is 5.97 Å². The molecule has 2 atom stereocenters. The number of methoxy groups -OCH3 is 1. The van der Waals surface area contributed by atoms with Crippen LogP contribution in [0.5, 0.6) is 0 Å². The van der Waals surface area contributed by atoms with Crippen LogP contribution in [0.2, 0.25) is 0 Å². The van der Waals surface area contributed by atoms with Crippen LogP contribution < -0.4 is 0 Å². The van der Waals surface area contributed by atoms with Crippen LogP contribution in [0.1, 0.15) is 32.3 Å². The van der Waals surface area contributed by atoms with Crippen LogP contribution in [0, 0.1) is 5.92 Å². The monoisotopic (exact) mass is 261 g/mol. The van der Waals surface area contributed by atoms with E-state index >= 15 is 0 Å². The van der Waals surface area contributed by atoms with Crippen LogP contribution in [0.3, 0.4) is 0 Å². The number of carbonyl (C=O) groups excluding carboxylic acids is 1. The van der Waals surface area contributed by atoms with Gasteiger partial charge in [0.1, 0.15) is 5.54 Å². The molecule has 0 spiro atoms. The Bertz CT molecular complexity index is 432. The number of ether oxygens (including phenoxy) is 1. The second-order valence-electron chi connectivity index (χ2n) is 5.62. The smallest absolute Gasteiger partial charge is 0.330 e. The third kappa shape index (κ3) is 2.66. The average Bonchev–Trinajstić information content (AvgIpc) is 2.46. The Morgan fingerprint density at radius 3 is 2.63 bits per heavy atom. The van der Waals surface area contributed by atoms with Crippen molar-refractivity contribution in [3.8, 4) is 0 Å². The third-order valence-corrected chi connectivity index (χ3v) is 4.21. The standard InChI is InChI=1S/C16H23NO2/c1-13-8-7-11-17(12-13)16(2,15(18)19-3)14-9-5-4-6-10-14/h4-6,9-10,13H,7-8,11-12H2,1-3H3/t13-,16+/m1/s1. The quantitative estimate of drug-likeness (QED) is 0.784. The molecule has 1 aromatic rings. The van der Waals surface area contributed by atoms with Crippen LogP contribution in [-0.2, 0) is 15.1 Å². The lowest BCUT2D eigenvalue weighted by atomic mass is 9.86. The topological polar surface area (TPSA) is 29.5 Å². The number of carbonyl (C=O) groups is 1. The lowest BCUT2D eigenvalue weighted by Crippen LogP contribution is -2.53.